The van der Waals surface area contributed by atoms with E-state index in [1.807, 2.05) is 13.8 Å². The number of benzene rings is 1. The van der Waals surface area contributed by atoms with Crippen LogP contribution in [0.15, 0.2) is 18.2 Å². The Labute approximate surface area is 117 Å². The highest BCUT2D eigenvalue weighted by atomic mass is 35.5. The first kappa shape index (κ1) is 15.9. The van der Waals surface area contributed by atoms with Gasteiger partial charge in [0.15, 0.2) is 11.6 Å². The summed E-state index contributed by atoms with van der Waals surface area (Å²) in [5.74, 6) is -2.36. The van der Waals surface area contributed by atoms with Crippen LogP contribution in [0.5, 0.6) is 0 Å². The fourth-order valence-electron chi connectivity index (χ4n) is 1.78. The molecule has 0 bridgehead atoms. The SMILES string of the molecule is CCC(CC)(CCl)CNC(=O)c1cccc(F)c1F. The van der Waals surface area contributed by atoms with Gasteiger partial charge in [-0.15, -0.1) is 11.6 Å². The monoisotopic (exact) mass is 289 g/mol. The third kappa shape index (κ3) is 3.66. The maximum atomic E-state index is 13.5. The Balaban J connectivity index is 2.78. The van der Waals surface area contributed by atoms with E-state index in [2.05, 4.69) is 5.32 Å². The molecular formula is C14H18ClF2NO. The number of halogens is 3. The van der Waals surface area contributed by atoms with E-state index in [1.54, 1.807) is 0 Å². The van der Waals surface area contributed by atoms with Gasteiger partial charge in [0, 0.05) is 17.8 Å². The average molecular weight is 290 g/mol. The molecule has 0 aliphatic heterocycles. The quantitative estimate of drug-likeness (QED) is 0.794. The first-order valence-electron chi connectivity index (χ1n) is 6.28. The maximum absolute atomic E-state index is 13.5. The molecule has 0 saturated carbocycles. The molecule has 0 aliphatic rings. The molecule has 1 amide bonds. The Morgan fingerprint density at radius 3 is 2.47 bits per heavy atom. The van der Waals surface area contributed by atoms with Crippen LogP contribution in [0.25, 0.3) is 0 Å². The lowest BCUT2D eigenvalue weighted by molar-refractivity contribution is 0.0926. The number of hydrogen-bond donors (Lipinski definition) is 1. The van der Waals surface area contributed by atoms with Crippen molar-refractivity contribution in [3.05, 3.63) is 35.4 Å². The summed E-state index contributed by atoms with van der Waals surface area (Å²) in [7, 11) is 0. The summed E-state index contributed by atoms with van der Waals surface area (Å²) in [5.41, 5.74) is -0.489. The molecule has 0 heterocycles. The molecule has 0 saturated heterocycles. The molecule has 1 rings (SSSR count). The highest BCUT2D eigenvalue weighted by Gasteiger charge is 2.26. The molecule has 0 aliphatic carbocycles. The van der Waals surface area contributed by atoms with Crippen molar-refractivity contribution in [1.82, 2.24) is 5.32 Å². The van der Waals surface area contributed by atoms with Gasteiger partial charge < -0.3 is 5.32 Å². The first-order valence-corrected chi connectivity index (χ1v) is 6.81. The Hall–Kier alpha value is -1.16. The van der Waals surface area contributed by atoms with Crippen LogP contribution in [0.3, 0.4) is 0 Å². The predicted octanol–water partition coefficient (Wildman–Crippen LogP) is 3.74. The average Bonchev–Trinajstić information content (AvgIpc) is 2.44. The topological polar surface area (TPSA) is 29.1 Å². The van der Waals surface area contributed by atoms with E-state index in [0.717, 1.165) is 18.9 Å². The van der Waals surface area contributed by atoms with Crippen molar-refractivity contribution in [2.75, 3.05) is 12.4 Å². The number of carbonyl (C=O) groups excluding carboxylic acids is 1. The Bertz CT molecular complexity index is 439. The maximum Gasteiger partial charge on any atom is 0.254 e. The van der Waals surface area contributed by atoms with E-state index in [0.29, 0.717) is 12.4 Å². The lowest BCUT2D eigenvalue weighted by atomic mass is 9.84. The van der Waals surface area contributed by atoms with Gasteiger partial charge in [-0.1, -0.05) is 19.9 Å². The van der Waals surface area contributed by atoms with Crippen molar-refractivity contribution >= 4 is 17.5 Å². The van der Waals surface area contributed by atoms with E-state index in [-0.39, 0.29) is 11.0 Å². The van der Waals surface area contributed by atoms with Crippen molar-refractivity contribution in [3.63, 3.8) is 0 Å². The molecule has 0 aromatic heterocycles. The zero-order valence-corrected chi connectivity index (χ0v) is 11.9. The van der Waals surface area contributed by atoms with Gasteiger partial charge in [-0.05, 0) is 25.0 Å². The number of amides is 1. The van der Waals surface area contributed by atoms with E-state index < -0.39 is 17.5 Å². The molecule has 1 aromatic rings. The highest BCUT2D eigenvalue weighted by Crippen LogP contribution is 2.27. The van der Waals surface area contributed by atoms with Crippen molar-refractivity contribution in [3.8, 4) is 0 Å². The smallest absolute Gasteiger partial charge is 0.254 e. The zero-order valence-electron chi connectivity index (χ0n) is 11.1. The van der Waals surface area contributed by atoms with Gasteiger partial charge in [0.2, 0.25) is 0 Å². The van der Waals surface area contributed by atoms with Crippen molar-refractivity contribution in [2.45, 2.75) is 26.7 Å². The van der Waals surface area contributed by atoms with Gasteiger partial charge >= 0.3 is 0 Å². The minimum Gasteiger partial charge on any atom is -0.351 e. The van der Waals surface area contributed by atoms with Crippen LogP contribution < -0.4 is 5.32 Å². The Morgan fingerprint density at radius 1 is 1.32 bits per heavy atom. The van der Waals surface area contributed by atoms with Gasteiger partial charge in [-0.3, -0.25) is 4.79 Å². The number of nitrogens with one attached hydrogen (secondary N) is 1. The van der Waals surface area contributed by atoms with Crippen LogP contribution in [-0.4, -0.2) is 18.3 Å². The lowest BCUT2D eigenvalue weighted by Gasteiger charge is -2.29. The van der Waals surface area contributed by atoms with Crippen molar-refractivity contribution < 1.29 is 13.6 Å². The molecular weight excluding hydrogens is 272 g/mol. The second kappa shape index (κ2) is 6.85. The third-order valence-corrected chi connectivity index (χ3v) is 4.17. The minimum absolute atomic E-state index is 0.207. The van der Waals surface area contributed by atoms with Crippen molar-refractivity contribution in [1.29, 1.82) is 0 Å². The molecule has 19 heavy (non-hydrogen) atoms. The van der Waals surface area contributed by atoms with Gasteiger partial charge in [-0.25, -0.2) is 8.78 Å². The van der Waals surface area contributed by atoms with Gasteiger partial charge in [0.1, 0.15) is 0 Å². The molecule has 1 N–H and O–H groups in total. The summed E-state index contributed by atoms with van der Waals surface area (Å²) in [4.78, 5) is 11.9. The molecule has 0 fully saturated rings. The van der Waals surface area contributed by atoms with Crippen LogP contribution in [-0.2, 0) is 0 Å². The molecule has 0 radical (unpaired) electrons. The number of hydrogen-bond acceptors (Lipinski definition) is 1. The fraction of sp³-hybridized carbons (Fsp3) is 0.500. The molecule has 0 atom stereocenters. The molecule has 2 nitrogen and oxygen atoms in total. The Morgan fingerprint density at radius 2 is 1.95 bits per heavy atom. The first-order chi connectivity index (χ1) is 8.99. The van der Waals surface area contributed by atoms with Gasteiger partial charge in [-0.2, -0.15) is 0 Å². The highest BCUT2D eigenvalue weighted by molar-refractivity contribution is 6.18. The second-order valence-electron chi connectivity index (χ2n) is 4.62. The summed E-state index contributed by atoms with van der Waals surface area (Å²) >= 11 is 5.93. The number of rotatable bonds is 6. The van der Waals surface area contributed by atoms with E-state index >= 15 is 0 Å². The number of alkyl halides is 1. The van der Waals surface area contributed by atoms with Crippen LogP contribution in [0.2, 0.25) is 0 Å². The summed E-state index contributed by atoms with van der Waals surface area (Å²) < 4.78 is 26.5. The molecule has 0 spiro atoms. The van der Waals surface area contributed by atoms with Crippen LogP contribution in [0, 0.1) is 17.0 Å². The van der Waals surface area contributed by atoms with E-state index in [4.69, 9.17) is 11.6 Å². The van der Waals surface area contributed by atoms with Crippen LogP contribution in [0.1, 0.15) is 37.0 Å². The second-order valence-corrected chi connectivity index (χ2v) is 4.89. The van der Waals surface area contributed by atoms with Gasteiger partial charge in [0.05, 0.1) is 5.56 Å². The van der Waals surface area contributed by atoms with E-state index in [1.165, 1.54) is 12.1 Å². The molecule has 0 unspecified atom stereocenters. The van der Waals surface area contributed by atoms with Crippen LogP contribution in [0.4, 0.5) is 8.78 Å². The fourth-order valence-corrected chi connectivity index (χ4v) is 2.25. The summed E-state index contributed by atoms with van der Waals surface area (Å²) in [6.07, 6.45) is 1.61. The summed E-state index contributed by atoms with van der Waals surface area (Å²) in [6.45, 7) is 4.32. The normalized spacial score (nSPS) is 11.4. The lowest BCUT2D eigenvalue weighted by Crippen LogP contribution is -2.38. The standard InChI is InChI=1S/C14H18ClF2NO/c1-3-14(4-2,8-15)9-18-13(19)10-6-5-7-11(16)12(10)17/h5-7H,3-4,8-9H2,1-2H3,(H,18,19). The van der Waals surface area contributed by atoms with E-state index in [9.17, 15) is 13.6 Å². The predicted molar refractivity (Wildman–Crippen MR) is 72.4 cm³/mol. The van der Waals surface area contributed by atoms with Crippen LogP contribution >= 0.6 is 11.6 Å². The zero-order chi connectivity index (χ0) is 14.5. The van der Waals surface area contributed by atoms with Gasteiger partial charge in [0.25, 0.3) is 5.91 Å². The Kier molecular flexibility index (Phi) is 5.73. The number of carbonyl (C=O) groups is 1. The summed E-state index contributed by atoms with van der Waals surface area (Å²) in [5, 5.41) is 2.63. The summed E-state index contributed by atoms with van der Waals surface area (Å²) in [6, 6.07) is 3.54. The largest absolute Gasteiger partial charge is 0.351 e. The molecule has 106 valence electrons. The molecule has 5 heteroatoms. The molecule has 1 aromatic carbocycles. The third-order valence-electron chi connectivity index (χ3n) is 3.60. The van der Waals surface area contributed by atoms with Crippen molar-refractivity contribution in [2.24, 2.45) is 5.41 Å². The minimum atomic E-state index is -1.12.